The molecule has 2 heterocycles. The van der Waals surface area contributed by atoms with Crippen LogP contribution in [0.4, 0.5) is 0 Å². The molecule has 0 N–H and O–H groups in total. The molecule has 0 fully saturated rings. The Labute approximate surface area is 192 Å². The Morgan fingerprint density at radius 1 is 0.968 bits per heavy atom. The lowest BCUT2D eigenvalue weighted by Crippen LogP contribution is -2.05. The number of oxazole rings is 1. The number of sulfone groups is 1. The van der Waals surface area contributed by atoms with E-state index in [4.69, 9.17) is 32.0 Å². The minimum Gasteiger partial charge on any atom is -0.459 e. The van der Waals surface area contributed by atoms with Crippen LogP contribution in [0.2, 0.25) is 10.0 Å². The molecule has 0 radical (unpaired) electrons. The van der Waals surface area contributed by atoms with E-state index in [-0.39, 0.29) is 38.2 Å². The van der Waals surface area contributed by atoms with E-state index in [9.17, 15) is 13.2 Å². The van der Waals surface area contributed by atoms with Crippen molar-refractivity contribution in [2.75, 3.05) is 5.75 Å². The van der Waals surface area contributed by atoms with Crippen LogP contribution in [0.1, 0.15) is 10.4 Å². The number of thioether (sulfide) groups is 1. The molecule has 0 saturated carbocycles. The maximum atomic E-state index is 13.2. The molecule has 0 spiro atoms. The van der Waals surface area contributed by atoms with Gasteiger partial charge in [-0.15, -0.1) is 0 Å². The van der Waals surface area contributed by atoms with E-state index in [0.29, 0.717) is 15.6 Å². The van der Waals surface area contributed by atoms with Gasteiger partial charge in [0.2, 0.25) is 20.0 Å². The third kappa shape index (κ3) is 4.72. The van der Waals surface area contributed by atoms with E-state index in [1.807, 2.05) is 0 Å². The number of Topliss-reactive ketones (excluding diaryl/α,β-unsaturated/α-hetero) is 1. The first kappa shape index (κ1) is 21.7. The zero-order valence-electron chi connectivity index (χ0n) is 15.6. The Balaban J connectivity index is 1.68. The molecule has 6 nitrogen and oxygen atoms in total. The summed E-state index contributed by atoms with van der Waals surface area (Å²) in [5.74, 6) is -0.00717. The standard InChI is InChI=1S/C21H13Cl2NO5S2/c22-14-5-3-13(4-6-14)17(25)12-30-21-20(24-19(29-21)18-2-1-11-28-18)31(26,27)16-9-7-15(23)8-10-16/h1-11H,12H2. The van der Waals surface area contributed by atoms with Gasteiger partial charge < -0.3 is 8.83 Å². The molecule has 2 aromatic carbocycles. The Bertz CT molecular complexity index is 1310. The number of carbonyl (C=O) groups is 1. The van der Waals surface area contributed by atoms with E-state index >= 15 is 0 Å². The van der Waals surface area contributed by atoms with Crippen molar-refractivity contribution in [3.63, 3.8) is 0 Å². The first-order valence-corrected chi connectivity index (χ1v) is 12.0. The second kappa shape index (κ2) is 8.92. The van der Waals surface area contributed by atoms with Gasteiger partial charge in [-0.1, -0.05) is 35.0 Å². The van der Waals surface area contributed by atoms with Gasteiger partial charge >= 0.3 is 0 Å². The minimum atomic E-state index is -4.03. The molecular weight excluding hydrogens is 481 g/mol. The summed E-state index contributed by atoms with van der Waals surface area (Å²) in [4.78, 5) is 16.7. The van der Waals surface area contributed by atoms with E-state index < -0.39 is 9.84 Å². The second-order valence-electron chi connectivity index (χ2n) is 6.27. The van der Waals surface area contributed by atoms with Crippen molar-refractivity contribution in [3.05, 3.63) is 82.5 Å². The highest BCUT2D eigenvalue weighted by atomic mass is 35.5. The Kier molecular flexibility index (Phi) is 6.24. The number of hydrogen-bond acceptors (Lipinski definition) is 7. The second-order valence-corrected chi connectivity index (χ2v) is 9.95. The van der Waals surface area contributed by atoms with Gasteiger partial charge in [0.05, 0.1) is 16.9 Å². The summed E-state index contributed by atoms with van der Waals surface area (Å²) in [5.41, 5.74) is 0.449. The number of benzene rings is 2. The molecule has 0 saturated heterocycles. The fraction of sp³-hybridized carbons (Fsp3) is 0.0476. The Morgan fingerprint density at radius 3 is 2.23 bits per heavy atom. The predicted molar refractivity (Wildman–Crippen MR) is 118 cm³/mol. The van der Waals surface area contributed by atoms with Crippen LogP contribution >= 0.6 is 35.0 Å². The van der Waals surface area contributed by atoms with Crippen molar-refractivity contribution < 1.29 is 22.0 Å². The minimum absolute atomic E-state index is 0.000944. The highest BCUT2D eigenvalue weighted by molar-refractivity contribution is 8.00. The summed E-state index contributed by atoms with van der Waals surface area (Å²) in [6, 6.07) is 15.4. The number of ketones is 1. The maximum absolute atomic E-state index is 13.2. The molecule has 10 heteroatoms. The van der Waals surface area contributed by atoms with Crippen molar-refractivity contribution in [3.8, 4) is 11.7 Å². The number of furan rings is 1. The molecule has 2 aromatic heterocycles. The van der Waals surface area contributed by atoms with Gasteiger partial charge in [-0.3, -0.25) is 4.79 Å². The molecule has 0 unspecified atom stereocenters. The molecular formula is C21H13Cl2NO5S2. The molecule has 0 aliphatic rings. The monoisotopic (exact) mass is 493 g/mol. The van der Waals surface area contributed by atoms with E-state index in [1.54, 1.807) is 36.4 Å². The van der Waals surface area contributed by atoms with Crippen LogP contribution in [-0.4, -0.2) is 24.9 Å². The fourth-order valence-electron chi connectivity index (χ4n) is 2.63. The van der Waals surface area contributed by atoms with Gasteiger partial charge in [0.1, 0.15) is 0 Å². The Hall–Kier alpha value is -2.52. The van der Waals surface area contributed by atoms with Gasteiger partial charge in [0, 0.05) is 15.6 Å². The van der Waals surface area contributed by atoms with Crippen molar-refractivity contribution in [2.24, 2.45) is 0 Å². The quantitative estimate of drug-likeness (QED) is 0.228. The first-order chi connectivity index (χ1) is 14.8. The SMILES string of the molecule is O=C(CSc1oc(-c2ccco2)nc1S(=O)(=O)c1ccc(Cl)cc1)c1ccc(Cl)cc1. The van der Waals surface area contributed by atoms with Crippen molar-refractivity contribution in [1.29, 1.82) is 0 Å². The average molecular weight is 494 g/mol. The Morgan fingerprint density at radius 2 is 1.61 bits per heavy atom. The zero-order chi connectivity index (χ0) is 22.0. The van der Waals surface area contributed by atoms with Crippen molar-refractivity contribution >= 4 is 50.6 Å². The molecule has 0 bridgehead atoms. The number of rotatable bonds is 7. The van der Waals surface area contributed by atoms with Crippen molar-refractivity contribution in [1.82, 2.24) is 4.98 Å². The third-order valence-corrected chi connectivity index (χ3v) is 7.44. The smallest absolute Gasteiger partial charge is 0.265 e. The molecule has 31 heavy (non-hydrogen) atoms. The molecule has 0 amide bonds. The van der Waals surface area contributed by atoms with Crippen LogP contribution in [0, 0.1) is 0 Å². The van der Waals surface area contributed by atoms with E-state index in [1.165, 1.54) is 30.5 Å². The summed E-state index contributed by atoms with van der Waals surface area (Å²) >= 11 is 12.7. The lowest BCUT2D eigenvalue weighted by molar-refractivity contribution is 0.102. The van der Waals surface area contributed by atoms with Gasteiger partial charge in [0.15, 0.2) is 11.5 Å². The summed E-state index contributed by atoms with van der Waals surface area (Å²) in [5, 5.41) is 0.608. The van der Waals surface area contributed by atoms with Crippen molar-refractivity contribution in [2.45, 2.75) is 15.0 Å². The van der Waals surface area contributed by atoms with Gasteiger partial charge in [-0.25, -0.2) is 8.42 Å². The highest BCUT2D eigenvalue weighted by Crippen LogP contribution is 2.35. The summed E-state index contributed by atoms with van der Waals surface area (Å²) in [6.07, 6.45) is 1.42. The van der Waals surface area contributed by atoms with E-state index in [2.05, 4.69) is 4.98 Å². The summed E-state index contributed by atoms with van der Waals surface area (Å²) in [6.45, 7) is 0. The molecule has 0 atom stereocenters. The molecule has 158 valence electrons. The van der Waals surface area contributed by atoms with Crippen LogP contribution < -0.4 is 0 Å². The zero-order valence-corrected chi connectivity index (χ0v) is 18.8. The molecule has 4 rings (SSSR count). The number of carbonyl (C=O) groups excluding carboxylic acids is 1. The van der Waals surface area contributed by atoms with Crippen LogP contribution in [0.3, 0.4) is 0 Å². The largest absolute Gasteiger partial charge is 0.459 e. The third-order valence-electron chi connectivity index (χ3n) is 4.18. The van der Waals surface area contributed by atoms with Crippen LogP contribution in [0.5, 0.6) is 0 Å². The molecule has 0 aliphatic carbocycles. The predicted octanol–water partition coefficient (Wildman–Crippen LogP) is 6.05. The lowest BCUT2D eigenvalue weighted by atomic mass is 10.1. The topological polar surface area (TPSA) is 90.4 Å². The van der Waals surface area contributed by atoms with Gasteiger partial charge in [-0.2, -0.15) is 4.98 Å². The fourth-order valence-corrected chi connectivity index (χ4v) is 5.31. The summed E-state index contributed by atoms with van der Waals surface area (Å²) in [7, 11) is -4.03. The number of hydrogen-bond donors (Lipinski definition) is 0. The van der Waals surface area contributed by atoms with Crippen LogP contribution in [0.25, 0.3) is 11.7 Å². The molecule has 0 aliphatic heterocycles. The number of nitrogens with zero attached hydrogens (tertiary/aromatic N) is 1. The van der Waals surface area contributed by atoms with E-state index in [0.717, 1.165) is 11.8 Å². The maximum Gasteiger partial charge on any atom is 0.265 e. The lowest BCUT2D eigenvalue weighted by Gasteiger charge is -2.04. The van der Waals surface area contributed by atoms with Crippen LogP contribution in [0.15, 0.2) is 90.8 Å². The highest BCUT2D eigenvalue weighted by Gasteiger charge is 2.30. The number of halogens is 2. The van der Waals surface area contributed by atoms with Gasteiger partial charge in [0.25, 0.3) is 5.89 Å². The summed E-state index contributed by atoms with van der Waals surface area (Å²) < 4.78 is 37.3. The first-order valence-electron chi connectivity index (χ1n) is 8.81. The van der Waals surface area contributed by atoms with Gasteiger partial charge in [-0.05, 0) is 60.7 Å². The normalized spacial score (nSPS) is 11.5. The van der Waals surface area contributed by atoms with Crippen LogP contribution in [-0.2, 0) is 9.84 Å². The molecule has 4 aromatic rings. The average Bonchev–Trinajstić information content (AvgIpc) is 3.43. The number of aromatic nitrogens is 1.